The van der Waals surface area contributed by atoms with Gasteiger partial charge in [-0.25, -0.2) is 9.78 Å². The van der Waals surface area contributed by atoms with Crippen LogP contribution in [0, 0.1) is 11.3 Å². The number of nitrogens with zero attached hydrogens (tertiary/aromatic N) is 2. The lowest BCUT2D eigenvalue weighted by Gasteiger charge is -2.09. The second-order valence-corrected chi connectivity index (χ2v) is 4.55. The molecule has 0 aliphatic carbocycles. The maximum Gasteiger partial charge on any atom is 0.339 e. The first-order valence-electron chi connectivity index (χ1n) is 5.27. The lowest BCUT2D eigenvalue weighted by Crippen LogP contribution is -2.05. The van der Waals surface area contributed by atoms with E-state index >= 15 is 0 Å². The number of aromatic carboxylic acids is 1. The van der Waals surface area contributed by atoms with E-state index < -0.39 is 5.97 Å². The maximum atomic E-state index is 11.2. The first kappa shape index (κ1) is 13.1. The largest absolute Gasteiger partial charge is 0.478 e. The number of aromatic nitrogens is 1. The summed E-state index contributed by atoms with van der Waals surface area (Å²) < 4.78 is 0.573. The summed E-state index contributed by atoms with van der Waals surface area (Å²) in [6, 6.07) is 10.3. The number of anilines is 2. The molecule has 1 aromatic carbocycles. The first-order chi connectivity index (χ1) is 9.11. The van der Waals surface area contributed by atoms with Gasteiger partial charge in [-0.2, -0.15) is 5.26 Å². The lowest BCUT2D eigenvalue weighted by molar-refractivity contribution is 0.0697. The van der Waals surface area contributed by atoms with Crippen molar-refractivity contribution in [1.29, 1.82) is 5.26 Å². The van der Waals surface area contributed by atoms with Crippen LogP contribution in [0.3, 0.4) is 0 Å². The van der Waals surface area contributed by atoms with Crippen molar-refractivity contribution in [2.24, 2.45) is 0 Å². The van der Waals surface area contributed by atoms with Crippen LogP contribution < -0.4 is 5.32 Å². The molecule has 0 aliphatic rings. The Morgan fingerprint density at radius 1 is 1.42 bits per heavy atom. The molecule has 1 heterocycles. The molecule has 2 rings (SSSR count). The SMILES string of the molecule is N#Cc1ccccc1Nc1ncc(Br)cc1C(=O)O. The molecule has 1 aromatic heterocycles. The van der Waals surface area contributed by atoms with Crippen LogP contribution in [0.1, 0.15) is 15.9 Å². The Morgan fingerprint density at radius 3 is 2.84 bits per heavy atom. The summed E-state index contributed by atoms with van der Waals surface area (Å²) >= 11 is 3.17. The summed E-state index contributed by atoms with van der Waals surface area (Å²) in [4.78, 5) is 15.2. The van der Waals surface area contributed by atoms with Crippen LogP contribution in [-0.2, 0) is 0 Å². The Hall–Kier alpha value is -2.39. The fourth-order valence-corrected chi connectivity index (χ4v) is 1.85. The Bertz CT molecular complexity index is 680. The molecule has 19 heavy (non-hydrogen) atoms. The highest BCUT2D eigenvalue weighted by Gasteiger charge is 2.13. The molecule has 2 N–H and O–H groups in total. The molecule has 2 aromatic rings. The van der Waals surface area contributed by atoms with E-state index in [1.54, 1.807) is 24.3 Å². The Kier molecular flexibility index (Phi) is 3.78. The summed E-state index contributed by atoms with van der Waals surface area (Å²) in [5.41, 5.74) is 0.966. The van der Waals surface area contributed by atoms with Crippen LogP contribution in [0.15, 0.2) is 41.0 Å². The van der Waals surface area contributed by atoms with Crippen molar-refractivity contribution in [3.63, 3.8) is 0 Å². The fourth-order valence-electron chi connectivity index (χ4n) is 1.52. The van der Waals surface area contributed by atoms with Crippen molar-refractivity contribution in [2.45, 2.75) is 0 Å². The van der Waals surface area contributed by atoms with Crippen molar-refractivity contribution in [1.82, 2.24) is 4.98 Å². The summed E-state index contributed by atoms with van der Waals surface area (Å²) in [5.74, 6) is -0.899. The van der Waals surface area contributed by atoms with E-state index in [1.807, 2.05) is 6.07 Å². The molecule has 0 amide bonds. The number of carbonyl (C=O) groups is 1. The second-order valence-electron chi connectivity index (χ2n) is 3.64. The number of nitrogens with one attached hydrogen (secondary N) is 1. The minimum Gasteiger partial charge on any atom is -0.478 e. The molecule has 0 radical (unpaired) electrons. The minimum atomic E-state index is -1.09. The molecule has 0 aliphatic heterocycles. The third-order valence-corrected chi connectivity index (χ3v) is 2.82. The van der Waals surface area contributed by atoms with Gasteiger partial charge in [0.15, 0.2) is 0 Å². The Labute approximate surface area is 117 Å². The smallest absolute Gasteiger partial charge is 0.339 e. The number of pyridine rings is 1. The van der Waals surface area contributed by atoms with E-state index in [-0.39, 0.29) is 11.4 Å². The van der Waals surface area contributed by atoms with Crippen LogP contribution >= 0.6 is 15.9 Å². The molecule has 0 spiro atoms. The van der Waals surface area contributed by atoms with Gasteiger partial charge in [0.2, 0.25) is 0 Å². The monoisotopic (exact) mass is 317 g/mol. The summed E-state index contributed by atoms with van der Waals surface area (Å²) in [6.07, 6.45) is 1.49. The first-order valence-corrected chi connectivity index (χ1v) is 6.06. The number of halogens is 1. The molecule has 0 fully saturated rings. The number of hydrogen-bond acceptors (Lipinski definition) is 4. The van der Waals surface area contributed by atoms with Crippen LogP contribution in [0.25, 0.3) is 0 Å². The van der Waals surface area contributed by atoms with Crippen molar-refractivity contribution in [3.05, 3.63) is 52.1 Å². The number of nitriles is 1. The molecule has 6 heteroatoms. The third kappa shape index (κ3) is 2.89. The van der Waals surface area contributed by atoms with Crippen LogP contribution in [-0.4, -0.2) is 16.1 Å². The maximum absolute atomic E-state index is 11.2. The zero-order valence-electron chi connectivity index (χ0n) is 9.59. The predicted molar refractivity (Wildman–Crippen MR) is 73.3 cm³/mol. The van der Waals surface area contributed by atoms with E-state index in [1.165, 1.54) is 12.3 Å². The Balaban J connectivity index is 2.44. The quantitative estimate of drug-likeness (QED) is 0.908. The molecule has 0 saturated heterocycles. The Morgan fingerprint density at radius 2 is 2.16 bits per heavy atom. The van der Waals surface area contributed by atoms with Gasteiger partial charge in [-0.15, -0.1) is 0 Å². The number of hydrogen-bond donors (Lipinski definition) is 2. The van der Waals surface area contributed by atoms with Crippen LogP contribution in [0.4, 0.5) is 11.5 Å². The van der Waals surface area contributed by atoms with Gasteiger partial charge in [-0.1, -0.05) is 12.1 Å². The number of para-hydroxylation sites is 1. The third-order valence-electron chi connectivity index (χ3n) is 2.39. The number of benzene rings is 1. The zero-order valence-corrected chi connectivity index (χ0v) is 11.2. The van der Waals surface area contributed by atoms with E-state index in [0.29, 0.717) is 15.7 Å². The minimum absolute atomic E-state index is 0.0297. The van der Waals surface area contributed by atoms with E-state index in [4.69, 9.17) is 10.4 Å². The molecule has 94 valence electrons. The van der Waals surface area contributed by atoms with Gasteiger partial charge in [0, 0.05) is 10.7 Å². The molecule has 0 bridgehead atoms. The molecular weight excluding hydrogens is 310 g/mol. The highest BCUT2D eigenvalue weighted by atomic mass is 79.9. The highest BCUT2D eigenvalue weighted by Crippen LogP contribution is 2.23. The second kappa shape index (κ2) is 5.50. The van der Waals surface area contributed by atoms with Crippen molar-refractivity contribution in [2.75, 3.05) is 5.32 Å². The topological polar surface area (TPSA) is 86.0 Å². The van der Waals surface area contributed by atoms with Gasteiger partial charge in [-0.05, 0) is 34.1 Å². The van der Waals surface area contributed by atoms with Crippen LogP contribution in [0.2, 0.25) is 0 Å². The van der Waals surface area contributed by atoms with Crippen molar-refractivity contribution >= 4 is 33.4 Å². The van der Waals surface area contributed by atoms with Gasteiger partial charge in [0.05, 0.1) is 11.3 Å². The summed E-state index contributed by atoms with van der Waals surface area (Å²) in [6.45, 7) is 0. The van der Waals surface area contributed by atoms with Crippen LogP contribution in [0.5, 0.6) is 0 Å². The molecule has 0 unspecified atom stereocenters. The average Bonchev–Trinajstić information content (AvgIpc) is 2.41. The average molecular weight is 318 g/mol. The van der Waals surface area contributed by atoms with Gasteiger partial charge in [0.1, 0.15) is 17.5 Å². The summed E-state index contributed by atoms with van der Waals surface area (Å²) in [5, 5.41) is 21.0. The van der Waals surface area contributed by atoms with Gasteiger partial charge >= 0.3 is 5.97 Å². The molecule has 0 atom stereocenters. The zero-order chi connectivity index (χ0) is 13.8. The van der Waals surface area contributed by atoms with E-state index in [2.05, 4.69) is 26.2 Å². The lowest BCUT2D eigenvalue weighted by atomic mass is 10.2. The fraction of sp³-hybridized carbons (Fsp3) is 0. The number of carboxylic acids is 1. The van der Waals surface area contributed by atoms with Gasteiger partial charge in [-0.3, -0.25) is 0 Å². The summed E-state index contributed by atoms with van der Waals surface area (Å²) in [7, 11) is 0. The molecule has 5 nitrogen and oxygen atoms in total. The van der Waals surface area contributed by atoms with Crippen molar-refractivity contribution < 1.29 is 9.90 Å². The molecular formula is C13H8BrN3O2. The van der Waals surface area contributed by atoms with Gasteiger partial charge in [0.25, 0.3) is 0 Å². The van der Waals surface area contributed by atoms with E-state index in [0.717, 1.165) is 0 Å². The van der Waals surface area contributed by atoms with Crippen molar-refractivity contribution in [3.8, 4) is 6.07 Å². The van der Waals surface area contributed by atoms with E-state index in [9.17, 15) is 4.79 Å². The standard InChI is InChI=1S/C13H8BrN3O2/c14-9-5-10(13(18)19)12(16-7-9)17-11-4-2-1-3-8(11)6-15/h1-5,7H,(H,16,17)(H,18,19). The van der Waals surface area contributed by atoms with Gasteiger partial charge < -0.3 is 10.4 Å². The number of rotatable bonds is 3. The predicted octanol–water partition coefficient (Wildman–Crippen LogP) is 3.16. The normalized spacial score (nSPS) is 9.68. The number of carboxylic acid groups (broad SMARTS) is 1. The molecule has 0 saturated carbocycles. The highest BCUT2D eigenvalue weighted by molar-refractivity contribution is 9.10.